The van der Waals surface area contributed by atoms with E-state index in [9.17, 15) is 4.79 Å². The van der Waals surface area contributed by atoms with Gasteiger partial charge in [0.15, 0.2) is 0 Å². The van der Waals surface area contributed by atoms with Gasteiger partial charge in [0.05, 0.1) is 25.0 Å². The summed E-state index contributed by atoms with van der Waals surface area (Å²) < 4.78 is 5.72. The number of hydrogen-bond donors (Lipinski definition) is 0. The molecule has 0 bridgehead atoms. The van der Waals surface area contributed by atoms with E-state index in [1.54, 1.807) is 0 Å². The number of amides is 1. The quantitative estimate of drug-likeness (QED) is 0.616. The summed E-state index contributed by atoms with van der Waals surface area (Å²) in [6, 6.07) is 13.9. The van der Waals surface area contributed by atoms with Gasteiger partial charge in [0.1, 0.15) is 13.1 Å². The molecule has 144 valence electrons. The molecule has 0 aliphatic carbocycles. The maximum Gasteiger partial charge on any atom is 0.277 e. The Kier molecular flexibility index (Phi) is 5.57. The summed E-state index contributed by atoms with van der Waals surface area (Å²) in [7, 11) is 0. The number of rotatable bonds is 5. The van der Waals surface area contributed by atoms with Crippen LogP contribution in [0.25, 0.3) is 11.5 Å². The van der Waals surface area contributed by atoms with Crippen LogP contribution in [0.1, 0.15) is 5.56 Å². The second kappa shape index (κ2) is 8.43. The lowest BCUT2D eigenvalue weighted by molar-refractivity contribution is -0.364. The molecule has 1 aliphatic rings. The molecule has 4 rings (SSSR count). The third kappa shape index (κ3) is 4.17. The largest absolute Gasteiger partial charge is 0.411 e. The number of H-pyrrole nitrogens is 1. The summed E-state index contributed by atoms with van der Waals surface area (Å²) in [4.78, 5) is 19.9. The minimum atomic E-state index is 0.0948. The summed E-state index contributed by atoms with van der Waals surface area (Å²) in [5, 5.41) is 8.59. The second-order valence-electron chi connectivity index (χ2n) is 6.59. The van der Waals surface area contributed by atoms with Crippen LogP contribution in [0.15, 0.2) is 58.3 Å². The molecule has 3 heterocycles. The van der Waals surface area contributed by atoms with Gasteiger partial charge in [0, 0.05) is 11.6 Å². The number of aryl methyl sites for hydroxylation is 1. The topological polar surface area (TPSA) is 76.6 Å². The molecule has 1 N–H and O–H groups in total. The molecule has 1 aliphatic heterocycles. The zero-order valence-electron chi connectivity index (χ0n) is 15.7. The van der Waals surface area contributed by atoms with E-state index in [-0.39, 0.29) is 5.91 Å². The highest BCUT2D eigenvalue weighted by Gasteiger charge is 2.26. The van der Waals surface area contributed by atoms with Crippen molar-refractivity contribution in [2.45, 2.75) is 12.1 Å². The van der Waals surface area contributed by atoms with E-state index < -0.39 is 0 Å². The van der Waals surface area contributed by atoms with E-state index >= 15 is 0 Å². The summed E-state index contributed by atoms with van der Waals surface area (Å²) in [6.07, 6.45) is 1.92. The van der Waals surface area contributed by atoms with Gasteiger partial charge in [-0.05, 0) is 24.6 Å². The van der Waals surface area contributed by atoms with Crippen LogP contribution in [0, 0.1) is 6.92 Å². The van der Waals surface area contributed by atoms with Crippen LogP contribution >= 0.6 is 11.8 Å². The van der Waals surface area contributed by atoms with Gasteiger partial charge in [-0.2, -0.15) is 0 Å². The summed E-state index contributed by atoms with van der Waals surface area (Å²) in [6.45, 7) is 5.05. The van der Waals surface area contributed by atoms with Crippen molar-refractivity contribution in [2.75, 3.05) is 36.8 Å². The Labute approximate surface area is 167 Å². The number of aromatic amines is 1. The molecule has 7 nitrogen and oxygen atoms in total. The highest BCUT2D eigenvalue weighted by atomic mass is 32.2. The van der Waals surface area contributed by atoms with Gasteiger partial charge >= 0.3 is 0 Å². The maximum absolute atomic E-state index is 12.5. The van der Waals surface area contributed by atoms with Gasteiger partial charge in [0.25, 0.3) is 11.0 Å². The highest BCUT2D eigenvalue weighted by molar-refractivity contribution is 7.99. The van der Waals surface area contributed by atoms with Crippen molar-refractivity contribution in [3.8, 4) is 11.5 Å². The third-order valence-electron chi connectivity index (χ3n) is 4.77. The van der Waals surface area contributed by atoms with Crippen molar-refractivity contribution < 1.29 is 14.2 Å². The third-order valence-corrected chi connectivity index (χ3v) is 5.57. The first kappa shape index (κ1) is 18.5. The Hall–Kier alpha value is -2.87. The summed E-state index contributed by atoms with van der Waals surface area (Å²) >= 11 is 1.29. The number of hydrogen-bond acceptors (Lipinski definition) is 6. The smallest absolute Gasteiger partial charge is 0.277 e. The lowest BCUT2D eigenvalue weighted by Crippen LogP contribution is -2.50. The molecule has 8 heteroatoms. The van der Waals surface area contributed by atoms with E-state index in [1.165, 1.54) is 11.8 Å². The fourth-order valence-corrected chi connectivity index (χ4v) is 3.85. The fraction of sp³-hybridized carbons (Fsp3) is 0.300. The van der Waals surface area contributed by atoms with Gasteiger partial charge in [-0.25, -0.2) is 4.98 Å². The Morgan fingerprint density at radius 1 is 1.11 bits per heavy atom. The summed E-state index contributed by atoms with van der Waals surface area (Å²) in [5.74, 6) is 1.96. The van der Waals surface area contributed by atoms with Crippen molar-refractivity contribution >= 4 is 23.5 Å². The molecule has 1 aromatic carbocycles. The van der Waals surface area contributed by atoms with Gasteiger partial charge in [0.2, 0.25) is 11.8 Å². The van der Waals surface area contributed by atoms with Crippen LogP contribution in [-0.2, 0) is 4.79 Å². The van der Waals surface area contributed by atoms with E-state index in [1.807, 2.05) is 54.4 Å². The van der Waals surface area contributed by atoms with Gasteiger partial charge in [-0.3, -0.25) is 9.69 Å². The highest BCUT2D eigenvalue weighted by Crippen LogP contribution is 2.25. The molecule has 0 unspecified atom stereocenters. The van der Waals surface area contributed by atoms with Crippen molar-refractivity contribution in [2.24, 2.45) is 0 Å². The summed E-state index contributed by atoms with van der Waals surface area (Å²) in [5.41, 5.74) is 1.99. The van der Waals surface area contributed by atoms with Crippen LogP contribution < -0.4 is 9.88 Å². The van der Waals surface area contributed by atoms with Gasteiger partial charge < -0.3 is 9.32 Å². The maximum atomic E-state index is 12.5. The number of aromatic nitrogens is 3. The van der Waals surface area contributed by atoms with Crippen molar-refractivity contribution in [1.82, 2.24) is 15.1 Å². The van der Waals surface area contributed by atoms with Crippen molar-refractivity contribution in [3.63, 3.8) is 0 Å². The average molecular weight is 396 g/mol. The normalized spacial score (nSPS) is 14.3. The predicted molar refractivity (Wildman–Crippen MR) is 107 cm³/mol. The Bertz CT molecular complexity index is 939. The minimum absolute atomic E-state index is 0.0948. The first-order chi connectivity index (χ1) is 13.7. The van der Waals surface area contributed by atoms with Crippen LogP contribution in [0.4, 0.5) is 5.82 Å². The SMILES string of the molecule is Cc1ccccc1-c1nnc(SCC(=O)N2CCN(c3cccc[nH+]3)CC2)o1. The second-order valence-corrected chi connectivity index (χ2v) is 7.52. The molecular weight excluding hydrogens is 374 g/mol. The molecule has 1 saturated heterocycles. The number of benzene rings is 1. The monoisotopic (exact) mass is 396 g/mol. The van der Waals surface area contributed by atoms with Crippen molar-refractivity contribution in [3.05, 3.63) is 54.2 Å². The molecule has 1 amide bonds. The number of piperazine rings is 1. The van der Waals surface area contributed by atoms with Crippen LogP contribution in [0.3, 0.4) is 0 Å². The number of pyridine rings is 1. The Balaban J connectivity index is 1.29. The average Bonchev–Trinajstić information content (AvgIpc) is 3.22. The van der Waals surface area contributed by atoms with E-state index in [0.29, 0.717) is 30.0 Å². The van der Waals surface area contributed by atoms with Crippen molar-refractivity contribution in [1.29, 1.82) is 0 Å². The van der Waals surface area contributed by atoms with Crippen LogP contribution in [0.2, 0.25) is 0 Å². The zero-order chi connectivity index (χ0) is 19.3. The number of nitrogens with one attached hydrogen (secondary N) is 1. The van der Waals surface area contributed by atoms with Gasteiger partial charge in [-0.15, -0.1) is 10.2 Å². The first-order valence-corrected chi connectivity index (χ1v) is 10.2. The molecule has 28 heavy (non-hydrogen) atoms. The number of carbonyl (C=O) groups excluding carboxylic acids is 1. The molecular formula is C20H22N5O2S+. The molecule has 1 fully saturated rings. The lowest BCUT2D eigenvalue weighted by Gasteiger charge is -2.30. The molecule has 0 atom stereocenters. The van der Waals surface area contributed by atoms with Gasteiger partial charge in [-0.1, -0.05) is 36.0 Å². The zero-order valence-corrected chi connectivity index (χ0v) is 16.5. The molecule has 0 radical (unpaired) electrons. The standard InChI is InChI=1S/C20H21N5O2S/c1-15-6-2-3-7-16(15)19-22-23-20(27-19)28-14-18(26)25-12-10-24(11-13-25)17-8-4-5-9-21-17/h2-9H,10-14H2,1H3/p+1. The number of anilines is 1. The molecule has 2 aromatic heterocycles. The van der Waals surface area contributed by atoms with Crippen LogP contribution in [-0.4, -0.2) is 52.9 Å². The lowest BCUT2D eigenvalue weighted by atomic mass is 10.1. The predicted octanol–water partition coefficient (Wildman–Crippen LogP) is 2.30. The van der Waals surface area contributed by atoms with E-state index in [4.69, 9.17) is 4.42 Å². The Morgan fingerprint density at radius 3 is 2.64 bits per heavy atom. The molecule has 0 spiro atoms. The molecule has 3 aromatic rings. The first-order valence-electron chi connectivity index (χ1n) is 9.22. The minimum Gasteiger partial charge on any atom is -0.411 e. The van der Waals surface area contributed by atoms with Crippen LogP contribution in [0.5, 0.6) is 0 Å². The van der Waals surface area contributed by atoms with E-state index in [2.05, 4.69) is 26.1 Å². The molecule has 0 saturated carbocycles. The Morgan fingerprint density at radius 2 is 1.89 bits per heavy atom. The number of carbonyl (C=O) groups is 1. The fourth-order valence-electron chi connectivity index (χ4n) is 3.18. The van der Waals surface area contributed by atoms with E-state index in [0.717, 1.165) is 30.0 Å². The number of thioether (sulfide) groups is 1. The number of nitrogens with zero attached hydrogens (tertiary/aromatic N) is 4.